The Labute approximate surface area is 85.0 Å². The Hall–Kier alpha value is -1.92. The number of carbonyl (C=O) groups is 4. The van der Waals surface area contributed by atoms with E-state index < -0.39 is 30.0 Å². The van der Waals surface area contributed by atoms with Crippen molar-refractivity contribution in [2.75, 3.05) is 0 Å². The lowest BCUT2D eigenvalue weighted by atomic mass is 10.3. The molecule has 1 fully saturated rings. The molecule has 1 rings (SSSR count). The predicted molar refractivity (Wildman–Crippen MR) is 44.6 cm³/mol. The van der Waals surface area contributed by atoms with Crippen LogP contribution in [-0.4, -0.2) is 35.1 Å². The maximum absolute atomic E-state index is 10.6. The van der Waals surface area contributed by atoms with Gasteiger partial charge in [0.15, 0.2) is 0 Å². The highest BCUT2D eigenvalue weighted by molar-refractivity contribution is 5.97. The first-order valence-corrected chi connectivity index (χ1v) is 3.94. The van der Waals surface area contributed by atoms with Crippen LogP contribution in [0.4, 0.5) is 0 Å². The van der Waals surface area contributed by atoms with Crippen LogP contribution < -0.4 is 0 Å². The zero-order valence-electron chi connectivity index (χ0n) is 8.18. The molecule has 1 aliphatic heterocycles. The van der Waals surface area contributed by atoms with Gasteiger partial charge < -0.3 is 14.6 Å². The lowest BCUT2D eigenvalue weighted by Crippen LogP contribution is -2.20. The highest BCUT2D eigenvalue weighted by atomic mass is 16.6. The summed E-state index contributed by atoms with van der Waals surface area (Å²) in [5.74, 6) is -2.87. The van der Waals surface area contributed by atoms with E-state index in [0.717, 1.165) is 13.8 Å². The molecule has 7 heteroatoms. The van der Waals surface area contributed by atoms with Gasteiger partial charge in [-0.2, -0.15) is 0 Å². The molecule has 1 N–H and O–H groups in total. The number of hydrogen-bond donors (Lipinski definition) is 1. The minimum absolute atomic E-state index is 0.168. The summed E-state index contributed by atoms with van der Waals surface area (Å²) < 4.78 is 8.58. The summed E-state index contributed by atoms with van der Waals surface area (Å²) in [6.07, 6.45) is -1.20. The highest BCUT2D eigenvalue weighted by Gasteiger charge is 2.35. The van der Waals surface area contributed by atoms with Crippen LogP contribution in [0.2, 0.25) is 0 Å². The maximum Gasteiger partial charge on any atom is 0.355 e. The molecule has 0 aliphatic carbocycles. The van der Waals surface area contributed by atoms with Gasteiger partial charge in [0.1, 0.15) is 0 Å². The van der Waals surface area contributed by atoms with Gasteiger partial charge in [0, 0.05) is 13.8 Å². The van der Waals surface area contributed by atoms with Crippen molar-refractivity contribution in [2.24, 2.45) is 0 Å². The van der Waals surface area contributed by atoms with Gasteiger partial charge in [-0.05, 0) is 0 Å². The van der Waals surface area contributed by atoms with Crippen molar-refractivity contribution in [3.8, 4) is 0 Å². The molecule has 1 aliphatic rings. The smallest absolute Gasteiger partial charge is 0.355 e. The number of carbonyl (C=O) groups excluding carboxylic acids is 3. The van der Waals surface area contributed by atoms with Crippen molar-refractivity contribution in [3.63, 3.8) is 0 Å². The Morgan fingerprint density at radius 3 is 2.13 bits per heavy atom. The molecule has 0 spiro atoms. The molecule has 0 radical (unpaired) electrons. The maximum atomic E-state index is 10.6. The van der Waals surface area contributed by atoms with Crippen LogP contribution in [0.5, 0.6) is 0 Å². The molecule has 0 amide bonds. The predicted octanol–water partition coefficient (Wildman–Crippen LogP) is -0.518. The van der Waals surface area contributed by atoms with Crippen LogP contribution >= 0.6 is 0 Å². The molecule has 15 heavy (non-hydrogen) atoms. The summed E-state index contributed by atoms with van der Waals surface area (Å²) >= 11 is 0. The third kappa shape index (κ3) is 6.19. The fourth-order valence-corrected chi connectivity index (χ4v) is 0.744. The van der Waals surface area contributed by atoms with Gasteiger partial charge in [0.2, 0.25) is 6.10 Å². The Kier molecular flexibility index (Phi) is 5.00. The van der Waals surface area contributed by atoms with E-state index >= 15 is 0 Å². The van der Waals surface area contributed by atoms with Crippen molar-refractivity contribution in [3.05, 3.63) is 0 Å². The summed E-state index contributed by atoms with van der Waals surface area (Å²) in [6.45, 7) is 2.25. The molecule has 1 saturated heterocycles. The van der Waals surface area contributed by atoms with E-state index in [0.29, 0.717) is 0 Å². The molecule has 1 atom stereocenters. The zero-order valence-corrected chi connectivity index (χ0v) is 8.18. The summed E-state index contributed by atoms with van der Waals surface area (Å²) in [4.78, 5) is 40.3. The van der Waals surface area contributed by atoms with Gasteiger partial charge in [-0.15, -0.1) is 0 Å². The van der Waals surface area contributed by atoms with Crippen molar-refractivity contribution in [2.45, 2.75) is 26.4 Å². The largest absolute Gasteiger partial charge is 0.481 e. The molecule has 0 aromatic rings. The van der Waals surface area contributed by atoms with E-state index in [1.165, 1.54) is 0 Å². The molecule has 0 aromatic heterocycles. The monoisotopic (exact) mass is 218 g/mol. The van der Waals surface area contributed by atoms with Crippen molar-refractivity contribution in [1.29, 1.82) is 0 Å². The van der Waals surface area contributed by atoms with Crippen LogP contribution in [0.15, 0.2) is 0 Å². The molecule has 1 heterocycles. The lowest BCUT2D eigenvalue weighted by molar-refractivity contribution is -0.161. The molecule has 7 nitrogen and oxygen atoms in total. The van der Waals surface area contributed by atoms with Crippen LogP contribution in [0.25, 0.3) is 0 Å². The fraction of sp³-hybridized carbons (Fsp3) is 0.500. The number of carboxylic acids is 1. The minimum Gasteiger partial charge on any atom is -0.481 e. The van der Waals surface area contributed by atoms with Gasteiger partial charge in [-0.3, -0.25) is 14.4 Å². The second kappa shape index (κ2) is 5.74. The quantitative estimate of drug-likeness (QED) is 0.466. The Balaban J connectivity index is 0.000000423. The summed E-state index contributed by atoms with van der Waals surface area (Å²) in [6, 6.07) is 0. The third-order valence-corrected chi connectivity index (χ3v) is 1.14. The van der Waals surface area contributed by atoms with Gasteiger partial charge in [-0.25, -0.2) is 4.79 Å². The molecule has 0 unspecified atom stereocenters. The SMILES string of the molecule is CC(=O)O.CC(=O)O[C@@H]1CC(=O)OC1=O. The Bertz CT molecular complexity index is 289. The topological polar surface area (TPSA) is 107 Å². The summed E-state index contributed by atoms with van der Waals surface area (Å²) in [7, 11) is 0. The van der Waals surface area contributed by atoms with E-state index in [-0.39, 0.29) is 6.42 Å². The van der Waals surface area contributed by atoms with Crippen LogP contribution in [0.1, 0.15) is 20.3 Å². The first-order chi connectivity index (χ1) is 6.82. The number of ether oxygens (including phenoxy) is 2. The highest BCUT2D eigenvalue weighted by Crippen LogP contribution is 2.11. The second-order valence-corrected chi connectivity index (χ2v) is 2.61. The van der Waals surface area contributed by atoms with Gasteiger partial charge in [0.25, 0.3) is 5.97 Å². The van der Waals surface area contributed by atoms with Crippen LogP contribution in [-0.2, 0) is 28.7 Å². The number of cyclic esters (lactones) is 2. The number of rotatable bonds is 1. The first-order valence-electron chi connectivity index (χ1n) is 3.94. The zero-order chi connectivity index (χ0) is 12.0. The average molecular weight is 218 g/mol. The lowest BCUT2D eigenvalue weighted by Gasteiger charge is -2.02. The Morgan fingerprint density at radius 1 is 1.40 bits per heavy atom. The standard InChI is InChI=1S/C6H6O5.C2H4O2/c1-3(7)10-4-2-5(8)11-6(4)9;1-2(3)4/h4H,2H2,1H3;1H3,(H,3,4)/t4-;/m1./s1. The minimum atomic E-state index is -1.03. The molecule has 0 aromatic carbocycles. The number of hydrogen-bond acceptors (Lipinski definition) is 6. The van der Waals surface area contributed by atoms with E-state index in [4.69, 9.17) is 9.90 Å². The number of aliphatic carboxylic acids is 1. The Morgan fingerprint density at radius 2 is 1.87 bits per heavy atom. The first kappa shape index (κ1) is 13.1. The van der Waals surface area contributed by atoms with Crippen molar-refractivity contribution in [1.82, 2.24) is 0 Å². The van der Waals surface area contributed by atoms with E-state index in [2.05, 4.69) is 9.47 Å². The third-order valence-electron chi connectivity index (χ3n) is 1.14. The second-order valence-electron chi connectivity index (χ2n) is 2.61. The number of carboxylic acid groups (broad SMARTS) is 1. The molecule has 0 saturated carbocycles. The molecular weight excluding hydrogens is 208 g/mol. The normalized spacial score (nSPS) is 18.7. The summed E-state index contributed by atoms with van der Waals surface area (Å²) in [5.41, 5.74) is 0. The van der Waals surface area contributed by atoms with Crippen molar-refractivity contribution < 1.29 is 33.8 Å². The molecular formula is C8H10O7. The number of esters is 3. The van der Waals surface area contributed by atoms with Gasteiger partial charge >= 0.3 is 17.9 Å². The van der Waals surface area contributed by atoms with Gasteiger partial charge in [0.05, 0.1) is 6.42 Å². The molecule has 0 bridgehead atoms. The molecule has 84 valence electrons. The fourth-order valence-electron chi connectivity index (χ4n) is 0.744. The summed E-state index contributed by atoms with van der Waals surface area (Å²) in [5, 5.41) is 7.42. The van der Waals surface area contributed by atoms with Crippen LogP contribution in [0, 0.1) is 0 Å². The van der Waals surface area contributed by atoms with Gasteiger partial charge in [-0.1, -0.05) is 0 Å². The van der Waals surface area contributed by atoms with E-state index in [1.807, 2.05) is 0 Å². The average Bonchev–Trinajstić information content (AvgIpc) is 2.27. The van der Waals surface area contributed by atoms with Crippen molar-refractivity contribution >= 4 is 23.9 Å². The van der Waals surface area contributed by atoms with E-state index in [9.17, 15) is 14.4 Å². The van der Waals surface area contributed by atoms with E-state index in [1.54, 1.807) is 0 Å². The van der Waals surface area contributed by atoms with Crippen LogP contribution in [0.3, 0.4) is 0 Å².